The molecule has 0 saturated heterocycles. The number of ether oxygens (including phenoxy) is 1. The van der Waals surface area contributed by atoms with E-state index in [9.17, 15) is 0 Å². The molecule has 0 amide bonds. The molecule has 0 unspecified atom stereocenters. The van der Waals surface area contributed by atoms with E-state index in [0.29, 0.717) is 0 Å². The molecule has 1 rings (SSSR count). The standard InChI is InChI=1S/C12H19NO/c1-5-13-8-11-6-7-12(14-4)10(3)9(11)2/h6-7,13H,5,8H2,1-4H3. The van der Waals surface area contributed by atoms with Gasteiger partial charge < -0.3 is 10.1 Å². The van der Waals surface area contributed by atoms with Crippen LogP contribution in [0.5, 0.6) is 5.75 Å². The van der Waals surface area contributed by atoms with Gasteiger partial charge in [0.15, 0.2) is 0 Å². The minimum atomic E-state index is 0.938. The molecule has 0 heterocycles. The van der Waals surface area contributed by atoms with Crippen LogP contribution in [0.15, 0.2) is 12.1 Å². The van der Waals surface area contributed by atoms with Crippen LogP contribution in [-0.2, 0) is 6.54 Å². The quantitative estimate of drug-likeness (QED) is 0.793. The number of benzene rings is 1. The van der Waals surface area contributed by atoms with Crippen LogP contribution in [0.1, 0.15) is 23.6 Å². The van der Waals surface area contributed by atoms with Crippen molar-refractivity contribution in [1.29, 1.82) is 0 Å². The van der Waals surface area contributed by atoms with E-state index in [1.54, 1.807) is 7.11 Å². The van der Waals surface area contributed by atoms with Gasteiger partial charge in [0.1, 0.15) is 5.75 Å². The molecule has 0 aliphatic rings. The summed E-state index contributed by atoms with van der Waals surface area (Å²) in [4.78, 5) is 0. The van der Waals surface area contributed by atoms with E-state index in [0.717, 1.165) is 18.8 Å². The summed E-state index contributed by atoms with van der Waals surface area (Å²) < 4.78 is 5.26. The van der Waals surface area contributed by atoms with Gasteiger partial charge in [0, 0.05) is 6.54 Å². The Morgan fingerprint density at radius 2 is 1.93 bits per heavy atom. The molecule has 0 fully saturated rings. The Hall–Kier alpha value is -1.02. The van der Waals surface area contributed by atoms with E-state index in [4.69, 9.17) is 4.74 Å². The van der Waals surface area contributed by atoms with Crippen LogP contribution >= 0.6 is 0 Å². The lowest BCUT2D eigenvalue weighted by Gasteiger charge is -2.12. The first-order valence-electron chi connectivity index (χ1n) is 5.04. The molecule has 0 radical (unpaired) electrons. The van der Waals surface area contributed by atoms with Gasteiger partial charge in [-0.2, -0.15) is 0 Å². The minimum Gasteiger partial charge on any atom is -0.496 e. The summed E-state index contributed by atoms with van der Waals surface area (Å²) in [5, 5.41) is 3.33. The summed E-state index contributed by atoms with van der Waals surface area (Å²) in [7, 11) is 1.71. The van der Waals surface area contributed by atoms with Crippen molar-refractivity contribution >= 4 is 0 Å². The fourth-order valence-corrected chi connectivity index (χ4v) is 1.52. The number of hydrogen-bond acceptors (Lipinski definition) is 2. The second kappa shape index (κ2) is 5.01. The van der Waals surface area contributed by atoms with Crippen molar-refractivity contribution in [2.75, 3.05) is 13.7 Å². The van der Waals surface area contributed by atoms with Crippen LogP contribution in [-0.4, -0.2) is 13.7 Å². The summed E-state index contributed by atoms with van der Waals surface area (Å²) in [5.41, 5.74) is 3.92. The third kappa shape index (κ3) is 2.26. The van der Waals surface area contributed by atoms with E-state index in [1.165, 1.54) is 16.7 Å². The summed E-state index contributed by atoms with van der Waals surface area (Å²) in [6.07, 6.45) is 0. The Kier molecular flexibility index (Phi) is 3.96. The van der Waals surface area contributed by atoms with Crippen LogP contribution in [0.3, 0.4) is 0 Å². The van der Waals surface area contributed by atoms with Crippen molar-refractivity contribution in [2.24, 2.45) is 0 Å². The molecule has 1 N–H and O–H groups in total. The largest absolute Gasteiger partial charge is 0.496 e. The zero-order valence-corrected chi connectivity index (χ0v) is 9.48. The molecule has 2 heteroatoms. The smallest absolute Gasteiger partial charge is 0.122 e. The lowest BCUT2D eigenvalue weighted by Crippen LogP contribution is -2.13. The van der Waals surface area contributed by atoms with Crippen molar-refractivity contribution in [3.63, 3.8) is 0 Å². The van der Waals surface area contributed by atoms with Crippen LogP contribution in [0.2, 0.25) is 0 Å². The fourth-order valence-electron chi connectivity index (χ4n) is 1.52. The highest BCUT2D eigenvalue weighted by Crippen LogP contribution is 2.23. The van der Waals surface area contributed by atoms with Crippen LogP contribution in [0.4, 0.5) is 0 Å². The third-order valence-corrected chi connectivity index (χ3v) is 2.64. The highest BCUT2D eigenvalue weighted by atomic mass is 16.5. The predicted octanol–water partition coefficient (Wildman–Crippen LogP) is 2.42. The first kappa shape index (κ1) is 11.1. The number of nitrogens with one attached hydrogen (secondary N) is 1. The van der Waals surface area contributed by atoms with Gasteiger partial charge in [0.25, 0.3) is 0 Å². The normalized spacial score (nSPS) is 10.3. The molecule has 0 aliphatic heterocycles. The van der Waals surface area contributed by atoms with Gasteiger partial charge in [0.05, 0.1) is 7.11 Å². The molecule has 0 bridgehead atoms. The Morgan fingerprint density at radius 1 is 1.21 bits per heavy atom. The lowest BCUT2D eigenvalue weighted by atomic mass is 10.0. The molecule has 0 aromatic heterocycles. The van der Waals surface area contributed by atoms with Crippen molar-refractivity contribution < 1.29 is 4.74 Å². The zero-order valence-electron chi connectivity index (χ0n) is 9.48. The van der Waals surface area contributed by atoms with Gasteiger partial charge in [-0.15, -0.1) is 0 Å². The topological polar surface area (TPSA) is 21.3 Å². The first-order valence-corrected chi connectivity index (χ1v) is 5.04. The van der Waals surface area contributed by atoms with Gasteiger partial charge in [-0.3, -0.25) is 0 Å². The van der Waals surface area contributed by atoms with Crippen LogP contribution < -0.4 is 10.1 Å². The minimum absolute atomic E-state index is 0.938. The Balaban J connectivity index is 2.92. The number of hydrogen-bond donors (Lipinski definition) is 1. The molecule has 0 atom stereocenters. The van der Waals surface area contributed by atoms with Crippen LogP contribution in [0.25, 0.3) is 0 Å². The van der Waals surface area contributed by atoms with Crippen molar-refractivity contribution in [3.05, 3.63) is 28.8 Å². The molecular weight excluding hydrogens is 174 g/mol. The maximum absolute atomic E-state index is 5.26. The molecule has 0 aliphatic carbocycles. The second-order valence-corrected chi connectivity index (χ2v) is 3.46. The van der Waals surface area contributed by atoms with Gasteiger partial charge in [-0.1, -0.05) is 13.0 Å². The zero-order chi connectivity index (χ0) is 10.6. The van der Waals surface area contributed by atoms with E-state index in [2.05, 4.69) is 32.2 Å². The Labute approximate surface area is 86.3 Å². The molecule has 78 valence electrons. The predicted molar refractivity (Wildman–Crippen MR) is 59.8 cm³/mol. The molecule has 1 aromatic carbocycles. The summed E-state index contributed by atoms with van der Waals surface area (Å²) in [6.45, 7) is 8.30. The van der Waals surface area contributed by atoms with Crippen molar-refractivity contribution in [2.45, 2.75) is 27.3 Å². The van der Waals surface area contributed by atoms with E-state index >= 15 is 0 Å². The summed E-state index contributed by atoms with van der Waals surface area (Å²) >= 11 is 0. The number of methoxy groups -OCH3 is 1. The third-order valence-electron chi connectivity index (χ3n) is 2.64. The Morgan fingerprint density at radius 3 is 2.50 bits per heavy atom. The molecule has 2 nitrogen and oxygen atoms in total. The molecule has 0 spiro atoms. The van der Waals surface area contributed by atoms with Crippen molar-refractivity contribution in [3.8, 4) is 5.75 Å². The van der Waals surface area contributed by atoms with Gasteiger partial charge >= 0.3 is 0 Å². The average Bonchev–Trinajstić information content (AvgIpc) is 2.20. The molecule has 1 aromatic rings. The average molecular weight is 193 g/mol. The molecular formula is C12H19NO. The highest BCUT2D eigenvalue weighted by Gasteiger charge is 2.05. The second-order valence-electron chi connectivity index (χ2n) is 3.46. The van der Waals surface area contributed by atoms with E-state index in [-0.39, 0.29) is 0 Å². The lowest BCUT2D eigenvalue weighted by molar-refractivity contribution is 0.411. The highest BCUT2D eigenvalue weighted by molar-refractivity contribution is 5.43. The Bertz CT molecular complexity index is 307. The van der Waals surface area contributed by atoms with Gasteiger partial charge in [-0.25, -0.2) is 0 Å². The van der Waals surface area contributed by atoms with E-state index in [1.807, 2.05) is 6.07 Å². The summed E-state index contributed by atoms with van der Waals surface area (Å²) in [5.74, 6) is 0.975. The maximum Gasteiger partial charge on any atom is 0.122 e. The van der Waals surface area contributed by atoms with Crippen molar-refractivity contribution in [1.82, 2.24) is 5.32 Å². The molecule has 0 saturated carbocycles. The molecule has 14 heavy (non-hydrogen) atoms. The SMILES string of the molecule is CCNCc1ccc(OC)c(C)c1C. The number of rotatable bonds is 4. The fraction of sp³-hybridized carbons (Fsp3) is 0.500. The first-order chi connectivity index (χ1) is 6.70. The van der Waals surface area contributed by atoms with Crippen LogP contribution in [0, 0.1) is 13.8 Å². The monoisotopic (exact) mass is 193 g/mol. The summed E-state index contributed by atoms with van der Waals surface area (Å²) in [6, 6.07) is 4.17. The van der Waals surface area contributed by atoms with Gasteiger partial charge in [0.2, 0.25) is 0 Å². The van der Waals surface area contributed by atoms with Gasteiger partial charge in [-0.05, 0) is 43.1 Å². The maximum atomic E-state index is 5.26. The van der Waals surface area contributed by atoms with E-state index < -0.39 is 0 Å².